The van der Waals surface area contributed by atoms with Gasteiger partial charge in [-0.3, -0.25) is 9.69 Å². The van der Waals surface area contributed by atoms with Crippen molar-refractivity contribution in [3.8, 4) is 0 Å². The van der Waals surface area contributed by atoms with Crippen LogP contribution in [0.4, 0.5) is 18.9 Å². The monoisotopic (exact) mass is 504 g/mol. The largest absolute Gasteiger partial charge is 0.307 e. The van der Waals surface area contributed by atoms with E-state index >= 15 is 0 Å². The van der Waals surface area contributed by atoms with Crippen molar-refractivity contribution in [1.29, 1.82) is 0 Å². The van der Waals surface area contributed by atoms with Crippen LogP contribution in [0, 0.1) is 17.5 Å². The third-order valence-electron chi connectivity index (χ3n) is 6.93. The third kappa shape index (κ3) is 4.08. The number of carbonyl (C=O) groups is 1. The van der Waals surface area contributed by atoms with Crippen molar-refractivity contribution in [2.45, 2.75) is 24.8 Å². The van der Waals surface area contributed by atoms with Gasteiger partial charge in [-0.05, 0) is 79.5 Å². The average Bonchev–Trinajstić information content (AvgIpc) is 3.12. The molecule has 176 valence electrons. The van der Waals surface area contributed by atoms with E-state index in [2.05, 4.69) is 4.90 Å². The van der Waals surface area contributed by atoms with Crippen LogP contribution in [0.25, 0.3) is 0 Å². The van der Waals surface area contributed by atoms with Crippen molar-refractivity contribution in [2.75, 3.05) is 24.5 Å². The fourth-order valence-corrected chi connectivity index (χ4v) is 5.49. The topological polar surface area (TPSA) is 23.6 Å². The maximum atomic E-state index is 14.4. The lowest BCUT2D eigenvalue weighted by atomic mass is 9.74. The molecule has 2 aliphatic rings. The van der Waals surface area contributed by atoms with E-state index in [0.717, 1.165) is 43.1 Å². The SMILES string of the molecule is O=C(c1cccc(F)c1F)N1CC2(CCN(Cc3ccc(F)cc3Cl)CC2)c2cc(Cl)ccc21. The Labute approximate surface area is 205 Å². The number of halogens is 5. The van der Waals surface area contributed by atoms with Gasteiger partial charge in [-0.25, -0.2) is 13.2 Å². The van der Waals surface area contributed by atoms with Crippen molar-refractivity contribution < 1.29 is 18.0 Å². The number of rotatable bonds is 3. The van der Waals surface area contributed by atoms with Crippen LogP contribution in [0.3, 0.4) is 0 Å². The molecule has 0 radical (unpaired) electrons. The Balaban J connectivity index is 1.40. The van der Waals surface area contributed by atoms with Crippen LogP contribution in [0.1, 0.15) is 34.3 Å². The summed E-state index contributed by atoms with van der Waals surface area (Å²) >= 11 is 12.5. The number of hydrogen-bond acceptors (Lipinski definition) is 2. The Morgan fingerprint density at radius 3 is 2.47 bits per heavy atom. The van der Waals surface area contributed by atoms with Gasteiger partial charge in [0.1, 0.15) is 5.82 Å². The molecule has 3 aromatic rings. The molecule has 1 amide bonds. The van der Waals surface area contributed by atoms with E-state index in [0.29, 0.717) is 28.8 Å². The molecule has 0 N–H and O–H groups in total. The molecule has 1 saturated heterocycles. The van der Waals surface area contributed by atoms with Crippen molar-refractivity contribution in [3.63, 3.8) is 0 Å². The zero-order valence-electron chi connectivity index (χ0n) is 18.1. The van der Waals surface area contributed by atoms with Crippen molar-refractivity contribution in [2.24, 2.45) is 0 Å². The number of anilines is 1. The van der Waals surface area contributed by atoms with Gasteiger partial charge in [0.2, 0.25) is 0 Å². The molecule has 5 rings (SSSR count). The number of piperidine rings is 1. The standard InChI is InChI=1S/C26H21Cl2F3N2O/c27-17-5-7-23-20(12-17)26(15-33(23)25(34)19-2-1-3-22(30)24(19)31)8-10-32(11-9-26)14-16-4-6-18(29)13-21(16)28/h1-7,12-13H,8-11,14-15H2. The summed E-state index contributed by atoms with van der Waals surface area (Å²) in [5.74, 6) is -3.14. The number of nitrogens with zero attached hydrogens (tertiary/aromatic N) is 2. The summed E-state index contributed by atoms with van der Waals surface area (Å²) in [4.78, 5) is 17.1. The Morgan fingerprint density at radius 1 is 0.971 bits per heavy atom. The molecular weight excluding hydrogens is 484 g/mol. The second-order valence-electron chi connectivity index (χ2n) is 8.95. The molecule has 0 aliphatic carbocycles. The molecule has 3 aromatic carbocycles. The highest BCUT2D eigenvalue weighted by Gasteiger charge is 2.47. The van der Waals surface area contributed by atoms with Crippen molar-refractivity contribution in [3.05, 3.63) is 98.8 Å². The molecule has 3 nitrogen and oxygen atoms in total. The van der Waals surface area contributed by atoms with Crippen molar-refractivity contribution >= 4 is 34.8 Å². The zero-order chi connectivity index (χ0) is 24.0. The molecule has 8 heteroatoms. The summed E-state index contributed by atoms with van der Waals surface area (Å²) in [6.45, 7) is 2.42. The molecule has 1 fully saturated rings. The number of hydrogen-bond donors (Lipinski definition) is 0. The summed E-state index contributed by atoms with van der Waals surface area (Å²) in [6, 6.07) is 13.4. The number of amides is 1. The second-order valence-corrected chi connectivity index (χ2v) is 9.79. The van der Waals surface area contributed by atoms with E-state index in [1.54, 1.807) is 18.2 Å². The van der Waals surface area contributed by atoms with Gasteiger partial charge in [-0.2, -0.15) is 0 Å². The minimum atomic E-state index is -1.14. The summed E-state index contributed by atoms with van der Waals surface area (Å²) in [5, 5.41) is 0.956. The van der Waals surface area contributed by atoms with E-state index in [1.165, 1.54) is 29.2 Å². The predicted octanol–water partition coefficient (Wildman–Crippen LogP) is 6.60. The van der Waals surface area contributed by atoms with Gasteiger partial charge in [0.05, 0.1) is 5.56 Å². The molecule has 1 spiro atoms. The Morgan fingerprint density at radius 2 is 1.74 bits per heavy atom. The van der Waals surface area contributed by atoms with Crippen LogP contribution in [0.15, 0.2) is 54.6 Å². The molecule has 34 heavy (non-hydrogen) atoms. The summed E-state index contributed by atoms with van der Waals surface area (Å²) < 4.78 is 41.6. The minimum absolute atomic E-state index is 0.290. The Bertz CT molecular complexity index is 1270. The summed E-state index contributed by atoms with van der Waals surface area (Å²) in [5.41, 5.74) is 1.84. The second kappa shape index (κ2) is 8.91. The van der Waals surface area contributed by atoms with Gasteiger partial charge in [0, 0.05) is 34.2 Å². The van der Waals surface area contributed by atoms with Crippen LogP contribution in [0.2, 0.25) is 10.0 Å². The quantitative estimate of drug-likeness (QED) is 0.400. The molecule has 0 unspecified atom stereocenters. The van der Waals surface area contributed by atoms with E-state index in [4.69, 9.17) is 23.2 Å². The van der Waals surface area contributed by atoms with Gasteiger partial charge < -0.3 is 4.90 Å². The van der Waals surface area contributed by atoms with E-state index in [1.807, 2.05) is 6.07 Å². The zero-order valence-corrected chi connectivity index (χ0v) is 19.6. The molecular formula is C26H21Cl2F3N2O. The maximum Gasteiger partial charge on any atom is 0.261 e. The first-order valence-electron chi connectivity index (χ1n) is 11.0. The summed E-state index contributed by atoms with van der Waals surface area (Å²) in [6.07, 6.45) is 1.49. The van der Waals surface area contributed by atoms with Crippen LogP contribution >= 0.6 is 23.2 Å². The highest BCUT2D eigenvalue weighted by molar-refractivity contribution is 6.31. The Hall–Kier alpha value is -2.54. The minimum Gasteiger partial charge on any atom is -0.307 e. The molecule has 0 atom stereocenters. The van der Waals surface area contributed by atoms with E-state index < -0.39 is 17.5 Å². The fraction of sp³-hybridized carbons (Fsp3) is 0.269. The molecule has 2 heterocycles. The highest BCUT2D eigenvalue weighted by atomic mass is 35.5. The lowest BCUT2D eigenvalue weighted by molar-refractivity contribution is 0.0970. The fourth-order valence-electron chi connectivity index (χ4n) is 5.09. The summed E-state index contributed by atoms with van der Waals surface area (Å²) in [7, 11) is 0. The van der Waals surface area contributed by atoms with Crippen molar-refractivity contribution in [1.82, 2.24) is 4.90 Å². The van der Waals surface area contributed by atoms with Crippen LogP contribution in [-0.2, 0) is 12.0 Å². The first kappa shape index (κ1) is 23.2. The maximum absolute atomic E-state index is 14.4. The first-order chi connectivity index (χ1) is 16.3. The van der Waals surface area contributed by atoms with Gasteiger partial charge in [0.15, 0.2) is 11.6 Å². The molecule has 0 saturated carbocycles. The van der Waals surface area contributed by atoms with E-state index in [9.17, 15) is 18.0 Å². The highest BCUT2D eigenvalue weighted by Crippen LogP contribution is 2.48. The Kier molecular flexibility index (Phi) is 6.09. The van der Waals surface area contributed by atoms with Crippen LogP contribution < -0.4 is 4.90 Å². The third-order valence-corrected chi connectivity index (χ3v) is 7.52. The van der Waals surface area contributed by atoms with E-state index in [-0.39, 0.29) is 16.8 Å². The lowest BCUT2D eigenvalue weighted by Crippen LogP contribution is -2.46. The average molecular weight is 505 g/mol. The van der Waals surface area contributed by atoms with Crippen LogP contribution in [-0.4, -0.2) is 30.4 Å². The van der Waals surface area contributed by atoms with Gasteiger partial charge in [-0.15, -0.1) is 0 Å². The first-order valence-corrected chi connectivity index (χ1v) is 11.8. The lowest BCUT2D eigenvalue weighted by Gasteiger charge is -2.40. The normalized spacial score (nSPS) is 17.3. The number of carbonyl (C=O) groups excluding carboxylic acids is 1. The molecule has 0 bridgehead atoms. The van der Waals surface area contributed by atoms with Gasteiger partial charge >= 0.3 is 0 Å². The van der Waals surface area contributed by atoms with Crippen LogP contribution in [0.5, 0.6) is 0 Å². The predicted molar refractivity (Wildman–Crippen MR) is 127 cm³/mol. The smallest absolute Gasteiger partial charge is 0.261 e. The number of fused-ring (bicyclic) bond motifs is 2. The van der Waals surface area contributed by atoms with Gasteiger partial charge in [0.25, 0.3) is 5.91 Å². The van der Waals surface area contributed by atoms with Gasteiger partial charge in [-0.1, -0.05) is 35.3 Å². The number of likely N-dealkylation sites (tertiary alicyclic amines) is 1. The molecule has 2 aliphatic heterocycles. The number of benzene rings is 3. The molecule has 0 aromatic heterocycles.